The smallest absolute Gasteiger partial charge is 0.337 e. The average Bonchev–Trinajstić information content (AvgIpc) is 2.47. The third-order valence-corrected chi connectivity index (χ3v) is 6.18. The lowest BCUT2D eigenvalue weighted by Crippen LogP contribution is -2.35. The van der Waals surface area contributed by atoms with Crippen molar-refractivity contribution in [2.24, 2.45) is 0 Å². The third-order valence-electron chi connectivity index (χ3n) is 3.29. The lowest BCUT2D eigenvalue weighted by Gasteiger charge is -2.26. The highest BCUT2D eigenvalue weighted by Crippen LogP contribution is 2.28. The Kier molecular flexibility index (Phi) is 4.82. The normalized spacial score (nSPS) is 16.9. The van der Waals surface area contributed by atoms with E-state index >= 15 is 0 Å². The summed E-state index contributed by atoms with van der Waals surface area (Å²) in [5, 5.41) is 0. The van der Waals surface area contributed by atoms with E-state index in [1.54, 1.807) is 6.07 Å². The van der Waals surface area contributed by atoms with E-state index in [-0.39, 0.29) is 10.5 Å². The first-order valence-electron chi connectivity index (χ1n) is 6.35. The molecule has 0 aromatic heterocycles. The van der Waals surface area contributed by atoms with Gasteiger partial charge in [0.05, 0.1) is 17.6 Å². The summed E-state index contributed by atoms with van der Waals surface area (Å²) >= 11 is 3.25. The van der Waals surface area contributed by atoms with Gasteiger partial charge in [-0.15, -0.1) is 0 Å². The molecule has 0 bridgehead atoms. The van der Waals surface area contributed by atoms with Crippen LogP contribution >= 0.6 is 15.9 Å². The number of benzene rings is 1. The Balaban J connectivity index is 2.42. The van der Waals surface area contributed by atoms with Crippen LogP contribution in [0.3, 0.4) is 0 Å². The van der Waals surface area contributed by atoms with Crippen LogP contribution in [0.1, 0.15) is 29.6 Å². The molecule has 7 heteroatoms. The molecule has 0 radical (unpaired) electrons. The Bertz CT molecular complexity index is 609. The second-order valence-electron chi connectivity index (χ2n) is 4.60. The molecule has 0 aliphatic carbocycles. The molecule has 110 valence electrons. The molecule has 1 aromatic carbocycles. The summed E-state index contributed by atoms with van der Waals surface area (Å²) < 4.78 is 31.8. The first-order chi connectivity index (χ1) is 9.46. The standard InChI is InChI=1S/C13H16BrNO4S/c1-19-13(16)10-5-6-11(14)12(9-10)20(17,18)15-7-3-2-4-8-15/h5-6,9H,2-4,7-8H2,1H3. The summed E-state index contributed by atoms with van der Waals surface area (Å²) in [5.74, 6) is -0.549. The average molecular weight is 362 g/mol. The van der Waals surface area contributed by atoms with E-state index in [9.17, 15) is 13.2 Å². The van der Waals surface area contributed by atoms with Crippen LogP contribution in [0.4, 0.5) is 0 Å². The predicted octanol–water partition coefficient (Wildman–Crippen LogP) is 2.41. The number of nitrogens with zero attached hydrogens (tertiary/aromatic N) is 1. The van der Waals surface area contributed by atoms with Gasteiger partial charge in [-0.3, -0.25) is 0 Å². The van der Waals surface area contributed by atoms with Gasteiger partial charge in [0.15, 0.2) is 0 Å². The Morgan fingerprint density at radius 3 is 2.50 bits per heavy atom. The lowest BCUT2D eigenvalue weighted by molar-refractivity contribution is 0.0600. The van der Waals surface area contributed by atoms with Crippen LogP contribution in [0.5, 0.6) is 0 Å². The minimum absolute atomic E-state index is 0.113. The third kappa shape index (κ3) is 3.05. The van der Waals surface area contributed by atoms with Gasteiger partial charge in [0.2, 0.25) is 10.0 Å². The van der Waals surface area contributed by atoms with Crippen LogP contribution in [0.25, 0.3) is 0 Å². The van der Waals surface area contributed by atoms with Crippen LogP contribution in [0.2, 0.25) is 0 Å². The molecule has 1 aliphatic heterocycles. The van der Waals surface area contributed by atoms with Crippen molar-refractivity contribution in [2.45, 2.75) is 24.2 Å². The summed E-state index contributed by atoms with van der Waals surface area (Å²) in [7, 11) is -2.31. The minimum Gasteiger partial charge on any atom is -0.465 e. The first kappa shape index (κ1) is 15.5. The largest absolute Gasteiger partial charge is 0.465 e. The SMILES string of the molecule is COC(=O)c1ccc(Br)c(S(=O)(=O)N2CCCCC2)c1. The second kappa shape index (κ2) is 6.24. The number of hydrogen-bond donors (Lipinski definition) is 0. The van der Waals surface area contributed by atoms with Crippen LogP contribution in [-0.4, -0.2) is 38.9 Å². The van der Waals surface area contributed by atoms with E-state index in [2.05, 4.69) is 20.7 Å². The van der Waals surface area contributed by atoms with E-state index in [4.69, 9.17) is 0 Å². The molecule has 1 aliphatic rings. The molecular weight excluding hydrogens is 346 g/mol. The number of sulfonamides is 1. The van der Waals surface area contributed by atoms with Crippen molar-refractivity contribution in [3.8, 4) is 0 Å². The van der Waals surface area contributed by atoms with Gasteiger partial charge < -0.3 is 4.74 Å². The number of ether oxygens (including phenoxy) is 1. The number of hydrogen-bond acceptors (Lipinski definition) is 4. The highest BCUT2D eigenvalue weighted by molar-refractivity contribution is 9.10. The van der Waals surface area contributed by atoms with Crippen molar-refractivity contribution < 1.29 is 17.9 Å². The van der Waals surface area contributed by atoms with Gasteiger partial charge in [-0.05, 0) is 47.0 Å². The number of esters is 1. The van der Waals surface area contributed by atoms with Gasteiger partial charge in [-0.1, -0.05) is 6.42 Å². The summed E-state index contributed by atoms with van der Waals surface area (Å²) in [6.45, 7) is 1.05. The van der Waals surface area contributed by atoms with Crippen molar-refractivity contribution in [1.82, 2.24) is 4.31 Å². The minimum atomic E-state index is -3.58. The maximum absolute atomic E-state index is 12.6. The zero-order valence-corrected chi connectivity index (χ0v) is 13.5. The van der Waals surface area contributed by atoms with Crippen molar-refractivity contribution in [3.63, 3.8) is 0 Å². The highest BCUT2D eigenvalue weighted by atomic mass is 79.9. The van der Waals surface area contributed by atoms with E-state index in [1.807, 2.05) is 0 Å². The molecule has 0 atom stereocenters. The molecule has 0 saturated carbocycles. The van der Waals surface area contributed by atoms with Gasteiger partial charge in [-0.2, -0.15) is 4.31 Å². The topological polar surface area (TPSA) is 63.7 Å². The van der Waals surface area contributed by atoms with Crippen LogP contribution in [-0.2, 0) is 14.8 Å². The fraction of sp³-hybridized carbons (Fsp3) is 0.462. The van der Waals surface area contributed by atoms with Gasteiger partial charge in [0.1, 0.15) is 0 Å². The Labute approximate surface area is 127 Å². The first-order valence-corrected chi connectivity index (χ1v) is 8.58. The molecule has 1 saturated heterocycles. The zero-order valence-electron chi connectivity index (χ0n) is 11.1. The predicted molar refractivity (Wildman–Crippen MR) is 78.1 cm³/mol. The molecular formula is C13H16BrNO4S. The summed E-state index contributed by atoms with van der Waals surface area (Å²) in [6, 6.07) is 4.45. The number of carbonyl (C=O) groups is 1. The molecule has 2 rings (SSSR count). The van der Waals surface area contributed by atoms with Crippen molar-refractivity contribution in [1.29, 1.82) is 0 Å². The van der Waals surface area contributed by atoms with Crippen LogP contribution < -0.4 is 0 Å². The van der Waals surface area contributed by atoms with E-state index in [0.717, 1.165) is 19.3 Å². The molecule has 20 heavy (non-hydrogen) atoms. The second-order valence-corrected chi connectivity index (χ2v) is 7.36. The molecule has 1 aromatic rings. The van der Waals surface area contributed by atoms with Gasteiger partial charge in [0.25, 0.3) is 0 Å². The van der Waals surface area contributed by atoms with Crippen molar-refractivity contribution in [3.05, 3.63) is 28.2 Å². The number of methoxy groups -OCH3 is 1. The number of piperidine rings is 1. The van der Waals surface area contributed by atoms with E-state index < -0.39 is 16.0 Å². The van der Waals surface area contributed by atoms with Gasteiger partial charge in [0, 0.05) is 17.6 Å². The number of rotatable bonds is 3. The Hall–Kier alpha value is -0.920. The zero-order chi connectivity index (χ0) is 14.8. The Morgan fingerprint density at radius 1 is 1.25 bits per heavy atom. The number of halogens is 1. The molecule has 0 amide bonds. The quantitative estimate of drug-likeness (QED) is 0.775. The number of carbonyl (C=O) groups excluding carboxylic acids is 1. The summed E-state index contributed by atoms with van der Waals surface area (Å²) in [6.07, 6.45) is 2.79. The summed E-state index contributed by atoms with van der Waals surface area (Å²) in [4.78, 5) is 11.6. The monoisotopic (exact) mass is 361 g/mol. The van der Waals surface area contributed by atoms with E-state index in [0.29, 0.717) is 17.6 Å². The fourth-order valence-corrected chi connectivity index (χ4v) is 4.66. The van der Waals surface area contributed by atoms with Gasteiger partial charge in [-0.25, -0.2) is 13.2 Å². The fourth-order valence-electron chi connectivity index (χ4n) is 2.19. The summed E-state index contributed by atoms with van der Waals surface area (Å²) in [5.41, 5.74) is 0.228. The Morgan fingerprint density at radius 2 is 1.90 bits per heavy atom. The molecule has 5 nitrogen and oxygen atoms in total. The molecule has 0 N–H and O–H groups in total. The van der Waals surface area contributed by atoms with E-state index in [1.165, 1.54) is 23.5 Å². The molecule has 1 heterocycles. The van der Waals surface area contributed by atoms with Gasteiger partial charge >= 0.3 is 5.97 Å². The van der Waals surface area contributed by atoms with Crippen molar-refractivity contribution >= 4 is 31.9 Å². The highest BCUT2D eigenvalue weighted by Gasteiger charge is 2.28. The maximum Gasteiger partial charge on any atom is 0.337 e. The molecule has 0 spiro atoms. The lowest BCUT2D eigenvalue weighted by atomic mass is 10.2. The maximum atomic E-state index is 12.6. The molecule has 1 fully saturated rings. The van der Waals surface area contributed by atoms with Crippen LogP contribution in [0.15, 0.2) is 27.6 Å². The molecule has 0 unspecified atom stereocenters. The van der Waals surface area contributed by atoms with Crippen molar-refractivity contribution in [2.75, 3.05) is 20.2 Å². The van der Waals surface area contributed by atoms with Crippen LogP contribution in [0, 0.1) is 0 Å².